The fraction of sp³-hybridized carbons (Fsp3) is 0.167. The van der Waals surface area contributed by atoms with Crippen molar-refractivity contribution < 1.29 is 23.6 Å². The van der Waals surface area contributed by atoms with Gasteiger partial charge in [-0.3, -0.25) is 0 Å². The first-order valence-electron chi connectivity index (χ1n) is 3.36. The second kappa shape index (κ2) is 4.15. The molecule has 1 aromatic rings. The largest absolute Gasteiger partial charge is 0.490 e. The molecule has 7 heteroatoms. The summed E-state index contributed by atoms with van der Waals surface area (Å²) < 4.78 is 27.2. The highest BCUT2D eigenvalue weighted by molar-refractivity contribution is 6.58. The Hall–Kier alpha value is -1.21. The van der Waals surface area contributed by atoms with Crippen molar-refractivity contribution in [3.8, 4) is 5.88 Å². The molecule has 0 spiro atoms. The summed E-state index contributed by atoms with van der Waals surface area (Å²) in [7, 11) is -1.66. The molecular formula is C6H6BF2NO3. The van der Waals surface area contributed by atoms with Crippen LogP contribution < -0.4 is 10.2 Å². The molecule has 13 heavy (non-hydrogen) atoms. The Bertz CT molecular complexity index is 267. The topological polar surface area (TPSA) is 62.6 Å². The van der Waals surface area contributed by atoms with Gasteiger partial charge in [0.1, 0.15) is 0 Å². The highest BCUT2D eigenvalue weighted by Crippen LogP contribution is 2.06. The van der Waals surface area contributed by atoms with Crippen molar-refractivity contribution in [2.24, 2.45) is 0 Å². The summed E-state index contributed by atoms with van der Waals surface area (Å²) >= 11 is 0. The number of pyridine rings is 1. The number of hydrogen-bond acceptors (Lipinski definition) is 4. The molecular weight excluding hydrogens is 183 g/mol. The summed E-state index contributed by atoms with van der Waals surface area (Å²) in [5, 5.41) is 17.2. The molecule has 4 nitrogen and oxygen atoms in total. The Morgan fingerprint density at radius 2 is 2.08 bits per heavy atom. The molecule has 2 N–H and O–H groups in total. The molecule has 1 rings (SSSR count). The third-order valence-electron chi connectivity index (χ3n) is 1.27. The number of alkyl halides is 2. The molecule has 1 aromatic heterocycles. The molecule has 0 amide bonds. The van der Waals surface area contributed by atoms with E-state index >= 15 is 0 Å². The number of aromatic nitrogens is 1. The zero-order valence-electron chi connectivity index (χ0n) is 6.39. The third kappa shape index (κ3) is 2.96. The molecule has 0 aliphatic carbocycles. The molecule has 0 radical (unpaired) electrons. The molecule has 0 bridgehead atoms. The average molecular weight is 189 g/mol. The van der Waals surface area contributed by atoms with Crippen molar-refractivity contribution in [3.63, 3.8) is 0 Å². The maximum absolute atomic E-state index is 11.6. The van der Waals surface area contributed by atoms with Crippen molar-refractivity contribution in [1.29, 1.82) is 0 Å². The van der Waals surface area contributed by atoms with E-state index in [1.165, 1.54) is 6.07 Å². The Morgan fingerprint density at radius 1 is 1.38 bits per heavy atom. The summed E-state index contributed by atoms with van der Waals surface area (Å²) in [6.07, 6.45) is 1.04. The van der Waals surface area contributed by atoms with Gasteiger partial charge in [-0.15, -0.1) is 0 Å². The minimum absolute atomic E-state index is 0.113. The van der Waals surface area contributed by atoms with Crippen LogP contribution in [0.5, 0.6) is 5.88 Å². The highest BCUT2D eigenvalue weighted by Gasteiger charge is 2.12. The number of rotatable bonds is 3. The second-order valence-electron chi connectivity index (χ2n) is 2.18. The molecule has 0 saturated carbocycles. The molecule has 0 atom stereocenters. The monoisotopic (exact) mass is 189 g/mol. The zero-order chi connectivity index (χ0) is 9.84. The molecule has 0 aliphatic heterocycles. The van der Waals surface area contributed by atoms with Crippen molar-refractivity contribution in [1.82, 2.24) is 4.98 Å². The predicted octanol–water partition coefficient (Wildman–Crippen LogP) is -0.637. The first-order chi connectivity index (χ1) is 6.09. The second-order valence-corrected chi connectivity index (χ2v) is 2.18. The van der Waals surface area contributed by atoms with E-state index in [4.69, 9.17) is 10.0 Å². The van der Waals surface area contributed by atoms with E-state index in [2.05, 4.69) is 9.72 Å². The Labute approximate surface area is 72.9 Å². The van der Waals surface area contributed by atoms with Gasteiger partial charge in [-0.2, -0.15) is 8.78 Å². The van der Waals surface area contributed by atoms with Crippen LogP contribution >= 0.6 is 0 Å². The van der Waals surface area contributed by atoms with Gasteiger partial charge in [0.2, 0.25) is 5.88 Å². The van der Waals surface area contributed by atoms with Gasteiger partial charge >= 0.3 is 13.7 Å². The summed E-state index contributed by atoms with van der Waals surface area (Å²) in [5.41, 5.74) is 0.113. The van der Waals surface area contributed by atoms with Crippen LogP contribution in [0.15, 0.2) is 18.3 Å². The third-order valence-corrected chi connectivity index (χ3v) is 1.27. The first-order valence-corrected chi connectivity index (χ1v) is 3.36. The highest BCUT2D eigenvalue weighted by atomic mass is 19.3. The number of hydrogen-bond donors (Lipinski definition) is 2. The van der Waals surface area contributed by atoms with Gasteiger partial charge in [0.15, 0.2) is 0 Å². The van der Waals surface area contributed by atoms with E-state index in [1.54, 1.807) is 0 Å². The van der Waals surface area contributed by atoms with Crippen molar-refractivity contribution >= 4 is 12.6 Å². The maximum atomic E-state index is 11.6. The van der Waals surface area contributed by atoms with Gasteiger partial charge in [-0.1, -0.05) is 6.07 Å². The lowest BCUT2D eigenvalue weighted by Gasteiger charge is -2.03. The fourth-order valence-corrected chi connectivity index (χ4v) is 0.705. The van der Waals surface area contributed by atoms with Crippen molar-refractivity contribution in [2.75, 3.05) is 0 Å². The summed E-state index contributed by atoms with van der Waals surface area (Å²) in [6, 6.07) is 2.36. The molecule has 1 heterocycles. The molecule has 0 aliphatic rings. The van der Waals surface area contributed by atoms with E-state index in [9.17, 15) is 8.78 Å². The normalized spacial score (nSPS) is 10.2. The van der Waals surface area contributed by atoms with Crippen molar-refractivity contribution in [2.45, 2.75) is 6.61 Å². The van der Waals surface area contributed by atoms with Gasteiger partial charge < -0.3 is 14.8 Å². The SMILES string of the molecule is OB(O)c1ccc(OC(F)F)nc1. The average Bonchev–Trinajstić information content (AvgIpc) is 2.04. The fourth-order valence-electron chi connectivity index (χ4n) is 0.705. The molecule has 0 unspecified atom stereocenters. The van der Waals surface area contributed by atoms with Gasteiger partial charge in [-0.25, -0.2) is 4.98 Å². The molecule has 0 saturated heterocycles. The standard InChI is InChI=1S/C6H6BF2NO3/c8-6(9)13-5-2-1-4(3-10-5)7(11)12/h1-3,6,11-12H. The lowest BCUT2D eigenvalue weighted by atomic mass is 9.82. The zero-order valence-corrected chi connectivity index (χ0v) is 6.39. The number of nitrogens with zero attached hydrogens (tertiary/aromatic N) is 1. The Balaban J connectivity index is 2.70. The van der Waals surface area contributed by atoms with Crippen LogP contribution in [0.4, 0.5) is 8.78 Å². The van der Waals surface area contributed by atoms with Gasteiger partial charge in [0.05, 0.1) is 0 Å². The van der Waals surface area contributed by atoms with Crippen LogP contribution in [0.3, 0.4) is 0 Å². The minimum atomic E-state index is -2.93. The quantitative estimate of drug-likeness (QED) is 0.621. The molecule has 70 valence electrons. The van der Waals surface area contributed by atoms with Crippen LogP contribution in [0.25, 0.3) is 0 Å². The summed E-state index contributed by atoms with van der Waals surface area (Å²) in [6.45, 7) is -2.93. The first kappa shape index (κ1) is 9.88. The van der Waals surface area contributed by atoms with E-state index in [-0.39, 0.29) is 11.3 Å². The summed E-state index contributed by atoms with van der Waals surface area (Å²) in [5.74, 6) is -0.264. The Morgan fingerprint density at radius 3 is 2.46 bits per heavy atom. The predicted molar refractivity (Wildman–Crippen MR) is 40.7 cm³/mol. The van der Waals surface area contributed by atoms with Crippen LogP contribution in [-0.2, 0) is 0 Å². The van der Waals surface area contributed by atoms with E-state index < -0.39 is 13.7 Å². The minimum Gasteiger partial charge on any atom is -0.423 e. The number of ether oxygens (including phenoxy) is 1. The molecule has 0 fully saturated rings. The van der Waals surface area contributed by atoms with Crippen LogP contribution in [-0.4, -0.2) is 28.8 Å². The Kier molecular flexibility index (Phi) is 3.15. The van der Waals surface area contributed by atoms with Crippen LogP contribution in [0.2, 0.25) is 0 Å². The molecule has 0 aromatic carbocycles. The van der Waals surface area contributed by atoms with Gasteiger partial charge in [-0.05, 0) is 0 Å². The van der Waals surface area contributed by atoms with E-state index in [1.807, 2.05) is 0 Å². The van der Waals surface area contributed by atoms with Gasteiger partial charge in [0, 0.05) is 17.7 Å². The van der Waals surface area contributed by atoms with Crippen molar-refractivity contribution in [3.05, 3.63) is 18.3 Å². The lowest BCUT2D eigenvalue weighted by Crippen LogP contribution is -2.29. The lowest BCUT2D eigenvalue weighted by molar-refractivity contribution is -0.0528. The van der Waals surface area contributed by atoms with Crippen LogP contribution in [0, 0.1) is 0 Å². The van der Waals surface area contributed by atoms with E-state index in [0.717, 1.165) is 12.3 Å². The van der Waals surface area contributed by atoms with Crippen LogP contribution in [0.1, 0.15) is 0 Å². The van der Waals surface area contributed by atoms with Gasteiger partial charge in [0.25, 0.3) is 0 Å². The van der Waals surface area contributed by atoms with E-state index in [0.29, 0.717) is 0 Å². The maximum Gasteiger partial charge on any atom is 0.490 e. The number of halogens is 2. The summed E-state index contributed by atoms with van der Waals surface area (Å²) in [4.78, 5) is 3.42. The smallest absolute Gasteiger partial charge is 0.423 e.